The molecule has 0 spiro atoms. The number of aromatic nitrogens is 1. The van der Waals surface area contributed by atoms with Crippen LogP contribution in [0.1, 0.15) is 0 Å². The quantitative estimate of drug-likeness (QED) is 0.838. The highest BCUT2D eigenvalue weighted by Crippen LogP contribution is 2.21. The second-order valence-electron chi connectivity index (χ2n) is 3.27. The van der Waals surface area contributed by atoms with Crippen molar-refractivity contribution in [1.29, 1.82) is 0 Å². The molecule has 0 amide bonds. The van der Waals surface area contributed by atoms with Crippen LogP contribution in [0.3, 0.4) is 0 Å². The van der Waals surface area contributed by atoms with Crippen LogP contribution in [0.4, 0.5) is 14.6 Å². The summed E-state index contributed by atoms with van der Waals surface area (Å²) < 4.78 is 29.2. The normalized spacial score (nSPS) is 13.2. The smallest absolute Gasteiger partial charge is 0.265 e. The SMILES string of the molecule is OC(CNc1nccc2occc12)C(F)F. The van der Waals surface area contributed by atoms with Crippen molar-refractivity contribution in [3.05, 3.63) is 24.6 Å². The molecule has 2 aromatic rings. The van der Waals surface area contributed by atoms with Gasteiger partial charge in [-0.3, -0.25) is 0 Å². The number of pyridine rings is 1. The van der Waals surface area contributed by atoms with Crippen LogP contribution in [0, 0.1) is 0 Å². The van der Waals surface area contributed by atoms with Crippen LogP contribution in [-0.4, -0.2) is 29.2 Å². The summed E-state index contributed by atoms with van der Waals surface area (Å²) in [6.45, 7) is -0.255. The molecule has 0 fully saturated rings. The second kappa shape index (κ2) is 4.44. The summed E-state index contributed by atoms with van der Waals surface area (Å²) in [4.78, 5) is 3.98. The number of alkyl halides is 2. The number of nitrogens with one attached hydrogen (secondary N) is 1. The molecule has 86 valence electrons. The Bertz CT molecular complexity index is 473. The molecular weight excluding hydrogens is 218 g/mol. The topological polar surface area (TPSA) is 58.3 Å². The van der Waals surface area contributed by atoms with Gasteiger partial charge in [0, 0.05) is 12.7 Å². The van der Waals surface area contributed by atoms with E-state index in [1.54, 1.807) is 12.1 Å². The highest BCUT2D eigenvalue weighted by atomic mass is 19.3. The van der Waals surface area contributed by atoms with Gasteiger partial charge >= 0.3 is 0 Å². The molecule has 2 heterocycles. The van der Waals surface area contributed by atoms with Crippen molar-refractivity contribution < 1.29 is 18.3 Å². The molecule has 2 N–H and O–H groups in total. The second-order valence-corrected chi connectivity index (χ2v) is 3.27. The molecule has 6 heteroatoms. The molecular formula is C10H10F2N2O2. The van der Waals surface area contributed by atoms with E-state index < -0.39 is 12.5 Å². The number of nitrogens with zero attached hydrogens (tertiary/aromatic N) is 1. The zero-order valence-corrected chi connectivity index (χ0v) is 8.23. The third-order valence-electron chi connectivity index (χ3n) is 2.15. The Balaban J connectivity index is 2.12. The summed E-state index contributed by atoms with van der Waals surface area (Å²) in [6.07, 6.45) is -1.48. The van der Waals surface area contributed by atoms with Crippen LogP contribution in [0.5, 0.6) is 0 Å². The standard InChI is InChI=1S/C10H10F2N2O2/c11-9(12)7(15)5-14-10-6-2-4-16-8(6)1-3-13-10/h1-4,7,9,15H,5H2,(H,13,14). The molecule has 1 unspecified atom stereocenters. The van der Waals surface area contributed by atoms with E-state index in [9.17, 15) is 8.78 Å². The number of fused-ring (bicyclic) bond motifs is 1. The molecule has 0 aliphatic carbocycles. The van der Waals surface area contributed by atoms with E-state index in [2.05, 4.69) is 10.3 Å². The van der Waals surface area contributed by atoms with Gasteiger partial charge in [0.05, 0.1) is 11.6 Å². The molecule has 16 heavy (non-hydrogen) atoms. The summed E-state index contributed by atoms with van der Waals surface area (Å²) in [5.74, 6) is 0.422. The molecule has 0 saturated heterocycles. The van der Waals surface area contributed by atoms with Gasteiger partial charge in [0.1, 0.15) is 17.5 Å². The number of furan rings is 1. The number of halogens is 2. The first-order valence-corrected chi connectivity index (χ1v) is 4.71. The van der Waals surface area contributed by atoms with Crippen LogP contribution in [-0.2, 0) is 0 Å². The Labute approximate surface area is 89.9 Å². The number of hydrogen-bond acceptors (Lipinski definition) is 4. The monoisotopic (exact) mass is 228 g/mol. The lowest BCUT2D eigenvalue weighted by atomic mass is 10.3. The minimum absolute atomic E-state index is 0.255. The number of aliphatic hydroxyl groups excluding tert-OH is 1. The first-order chi connectivity index (χ1) is 7.68. The van der Waals surface area contributed by atoms with Gasteiger partial charge in [-0.15, -0.1) is 0 Å². The third kappa shape index (κ3) is 2.11. The predicted octanol–water partition coefficient (Wildman–Crippen LogP) is 1.87. The number of anilines is 1. The van der Waals surface area contributed by atoms with E-state index in [4.69, 9.17) is 9.52 Å². The molecule has 1 atom stereocenters. The Kier molecular flexibility index (Phi) is 3.00. The van der Waals surface area contributed by atoms with Gasteiger partial charge in [0.2, 0.25) is 0 Å². The molecule has 0 aromatic carbocycles. The zero-order valence-electron chi connectivity index (χ0n) is 8.23. The largest absolute Gasteiger partial charge is 0.464 e. The first kappa shape index (κ1) is 10.8. The van der Waals surface area contributed by atoms with E-state index >= 15 is 0 Å². The van der Waals surface area contributed by atoms with Crippen LogP contribution >= 0.6 is 0 Å². The van der Waals surface area contributed by atoms with Crippen molar-refractivity contribution in [2.24, 2.45) is 0 Å². The maximum atomic E-state index is 12.1. The third-order valence-corrected chi connectivity index (χ3v) is 2.15. The summed E-state index contributed by atoms with van der Waals surface area (Å²) >= 11 is 0. The molecule has 2 aromatic heterocycles. The van der Waals surface area contributed by atoms with Crippen molar-refractivity contribution in [2.75, 3.05) is 11.9 Å². The van der Waals surface area contributed by atoms with Crippen LogP contribution < -0.4 is 5.32 Å². The maximum absolute atomic E-state index is 12.1. The van der Waals surface area contributed by atoms with E-state index in [0.29, 0.717) is 16.8 Å². The van der Waals surface area contributed by atoms with Crippen LogP contribution in [0.2, 0.25) is 0 Å². The zero-order chi connectivity index (χ0) is 11.5. The Morgan fingerprint density at radius 1 is 1.44 bits per heavy atom. The summed E-state index contributed by atoms with van der Waals surface area (Å²) in [5.41, 5.74) is 0.615. The van der Waals surface area contributed by atoms with Gasteiger partial charge in [-0.25, -0.2) is 13.8 Å². The fraction of sp³-hybridized carbons (Fsp3) is 0.300. The van der Waals surface area contributed by atoms with Gasteiger partial charge in [0.25, 0.3) is 6.43 Å². The van der Waals surface area contributed by atoms with Gasteiger partial charge in [-0.2, -0.15) is 0 Å². The van der Waals surface area contributed by atoms with E-state index in [1.807, 2.05) is 0 Å². The lowest BCUT2D eigenvalue weighted by molar-refractivity contribution is 0.00382. The molecule has 4 nitrogen and oxygen atoms in total. The molecule has 0 aliphatic heterocycles. The Morgan fingerprint density at radius 2 is 2.25 bits per heavy atom. The highest BCUT2D eigenvalue weighted by Gasteiger charge is 2.16. The number of aliphatic hydroxyl groups is 1. The minimum Gasteiger partial charge on any atom is -0.464 e. The van der Waals surface area contributed by atoms with E-state index in [-0.39, 0.29) is 6.54 Å². The minimum atomic E-state index is -2.77. The fourth-order valence-corrected chi connectivity index (χ4v) is 1.33. The molecule has 0 saturated carbocycles. The molecule has 0 radical (unpaired) electrons. The summed E-state index contributed by atoms with van der Waals surface area (Å²) in [5, 5.41) is 12.3. The van der Waals surface area contributed by atoms with Gasteiger partial charge in [-0.05, 0) is 12.1 Å². The maximum Gasteiger partial charge on any atom is 0.265 e. The predicted molar refractivity (Wildman–Crippen MR) is 54.5 cm³/mol. The summed E-state index contributed by atoms with van der Waals surface area (Å²) in [6, 6.07) is 3.35. The average molecular weight is 228 g/mol. The van der Waals surface area contributed by atoms with Gasteiger partial charge in [-0.1, -0.05) is 0 Å². The van der Waals surface area contributed by atoms with Crippen molar-refractivity contribution in [2.45, 2.75) is 12.5 Å². The number of hydrogen-bond donors (Lipinski definition) is 2. The fourth-order valence-electron chi connectivity index (χ4n) is 1.33. The number of rotatable bonds is 4. The molecule has 0 aliphatic rings. The lowest BCUT2D eigenvalue weighted by Crippen LogP contribution is -2.27. The van der Waals surface area contributed by atoms with Crippen molar-refractivity contribution in [3.8, 4) is 0 Å². The first-order valence-electron chi connectivity index (χ1n) is 4.71. The Hall–Kier alpha value is -1.69. The van der Waals surface area contributed by atoms with E-state index in [1.165, 1.54) is 12.5 Å². The van der Waals surface area contributed by atoms with E-state index in [0.717, 1.165) is 0 Å². The van der Waals surface area contributed by atoms with Crippen LogP contribution in [0.15, 0.2) is 29.0 Å². The van der Waals surface area contributed by atoms with Crippen LogP contribution in [0.25, 0.3) is 11.0 Å². The molecule has 2 rings (SSSR count). The Morgan fingerprint density at radius 3 is 3.00 bits per heavy atom. The van der Waals surface area contributed by atoms with Crippen molar-refractivity contribution in [1.82, 2.24) is 4.98 Å². The van der Waals surface area contributed by atoms with Crippen molar-refractivity contribution in [3.63, 3.8) is 0 Å². The average Bonchev–Trinajstić information content (AvgIpc) is 2.73. The van der Waals surface area contributed by atoms with Gasteiger partial charge < -0.3 is 14.8 Å². The van der Waals surface area contributed by atoms with Gasteiger partial charge in [0.15, 0.2) is 0 Å². The molecule has 0 bridgehead atoms. The lowest BCUT2D eigenvalue weighted by Gasteiger charge is -2.11. The van der Waals surface area contributed by atoms with Crippen molar-refractivity contribution >= 4 is 16.8 Å². The highest BCUT2D eigenvalue weighted by molar-refractivity contribution is 5.87. The summed E-state index contributed by atoms with van der Waals surface area (Å²) in [7, 11) is 0.